The van der Waals surface area contributed by atoms with Gasteiger partial charge in [0.05, 0.1) is 23.1 Å². The number of nitrogens with zero attached hydrogens (tertiary/aromatic N) is 8. The summed E-state index contributed by atoms with van der Waals surface area (Å²) in [5.41, 5.74) is 14.1. The third kappa shape index (κ3) is 3.41. The third-order valence-electron chi connectivity index (χ3n) is 9.51. The summed E-state index contributed by atoms with van der Waals surface area (Å²) in [6, 6.07) is 12.0. The number of carbonyl (C=O) groups excluding carboxylic acids is 1. The number of benzene rings is 2. The van der Waals surface area contributed by atoms with Crippen LogP contribution in [0.4, 0.5) is 8.78 Å². The maximum absolute atomic E-state index is 13.7. The summed E-state index contributed by atoms with van der Waals surface area (Å²) in [5.74, 6) is -0.790. The zero-order valence-electron chi connectivity index (χ0n) is 22.5. The molecule has 4 atom stereocenters. The molecular formula is C30H26F2N8O. The highest BCUT2D eigenvalue weighted by Crippen LogP contribution is 2.55. The standard InChI is InChI=1S/C30H26F2N8O/c1-15-8-20(15)18-4-3-5-19-25(18)23-10-24(39(2)27(19)41)26-36-21-7-6-16(9-22(21)40(23)26)17-11-34-28(35-12-17)29(37-38-33)13-30(31,32)14-29/h3-7,9,11-12,15,20,23-24H,8,10,13-14H2,1-2H3/t15-,20-,23-,24-/m1/s1. The highest BCUT2D eigenvalue weighted by atomic mass is 19.3. The van der Waals surface area contributed by atoms with Crippen LogP contribution in [-0.2, 0) is 5.54 Å². The van der Waals surface area contributed by atoms with Gasteiger partial charge in [0.15, 0.2) is 0 Å². The van der Waals surface area contributed by atoms with Gasteiger partial charge in [-0.1, -0.05) is 30.2 Å². The van der Waals surface area contributed by atoms with Crippen molar-refractivity contribution in [3.05, 3.63) is 87.6 Å². The number of hydrogen-bond acceptors (Lipinski definition) is 5. The molecule has 0 spiro atoms. The highest BCUT2D eigenvalue weighted by molar-refractivity contribution is 5.97. The van der Waals surface area contributed by atoms with E-state index in [0.717, 1.165) is 46.4 Å². The molecular weight excluding hydrogens is 526 g/mol. The van der Waals surface area contributed by atoms with Gasteiger partial charge in [-0.25, -0.2) is 23.7 Å². The number of carbonyl (C=O) groups is 1. The molecule has 0 radical (unpaired) electrons. The molecule has 2 aromatic carbocycles. The molecule has 2 aliphatic heterocycles. The van der Waals surface area contributed by atoms with Gasteiger partial charge in [0.1, 0.15) is 17.2 Å². The Bertz CT molecular complexity index is 1820. The fourth-order valence-electron chi connectivity index (χ4n) is 7.29. The Labute approximate surface area is 233 Å². The molecule has 9 nitrogen and oxygen atoms in total. The molecule has 41 heavy (non-hydrogen) atoms. The Hall–Kier alpha value is -4.37. The lowest BCUT2D eigenvalue weighted by molar-refractivity contribution is -0.127. The molecule has 4 aromatic rings. The molecule has 2 fully saturated rings. The maximum atomic E-state index is 13.7. The van der Waals surface area contributed by atoms with Crippen LogP contribution in [0.15, 0.2) is 53.9 Å². The molecule has 0 N–H and O–H groups in total. The summed E-state index contributed by atoms with van der Waals surface area (Å²) in [6.07, 6.45) is 3.90. The maximum Gasteiger partial charge on any atom is 0.254 e. The molecule has 4 aliphatic rings. The van der Waals surface area contributed by atoms with Crippen molar-refractivity contribution >= 4 is 16.9 Å². The third-order valence-corrected chi connectivity index (χ3v) is 9.51. The second kappa shape index (κ2) is 8.10. The van der Waals surface area contributed by atoms with Gasteiger partial charge in [-0.15, -0.1) is 0 Å². The summed E-state index contributed by atoms with van der Waals surface area (Å²) < 4.78 is 29.7. The summed E-state index contributed by atoms with van der Waals surface area (Å²) in [4.78, 5) is 31.9. The first-order valence-corrected chi connectivity index (χ1v) is 13.9. The van der Waals surface area contributed by atoms with Crippen LogP contribution in [0.5, 0.6) is 0 Å². The number of azide groups is 1. The fourth-order valence-corrected chi connectivity index (χ4v) is 7.29. The molecule has 0 saturated heterocycles. The quantitative estimate of drug-likeness (QED) is 0.160. The monoisotopic (exact) mass is 552 g/mol. The predicted octanol–water partition coefficient (Wildman–Crippen LogP) is 6.67. The number of amides is 1. The highest BCUT2D eigenvalue weighted by Gasteiger charge is 2.59. The van der Waals surface area contributed by atoms with E-state index in [-0.39, 0.29) is 23.8 Å². The number of alkyl halides is 2. The van der Waals surface area contributed by atoms with E-state index in [1.165, 1.54) is 5.56 Å². The molecule has 2 bridgehead atoms. The predicted molar refractivity (Wildman–Crippen MR) is 146 cm³/mol. The van der Waals surface area contributed by atoms with E-state index in [4.69, 9.17) is 10.5 Å². The zero-order valence-corrected chi connectivity index (χ0v) is 22.5. The Kier molecular flexibility index (Phi) is 4.83. The van der Waals surface area contributed by atoms with Crippen LogP contribution in [0.25, 0.3) is 32.6 Å². The van der Waals surface area contributed by atoms with Crippen molar-refractivity contribution in [3.63, 3.8) is 0 Å². The van der Waals surface area contributed by atoms with E-state index in [1.807, 2.05) is 36.2 Å². The zero-order chi connectivity index (χ0) is 28.3. The SMILES string of the molecule is C[C@@H]1C[C@H]1c1cccc2c1[C@H]1C[C@H](c3nc4ccc(-c5cnc(C6(N=[N+]=[N-])CC(F)(F)C6)nc5)cc4n31)N(C)C2=O. The van der Waals surface area contributed by atoms with Crippen LogP contribution >= 0.6 is 0 Å². The van der Waals surface area contributed by atoms with Crippen molar-refractivity contribution in [2.45, 2.75) is 62.1 Å². The smallest absolute Gasteiger partial charge is 0.254 e. The van der Waals surface area contributed by atoms with Crippen LogP contribution < -0.4 is 0 Å². The molecule has 8 rings (SSSR count). The molecule has 0 unspecified atom stereocenters. The number of fused-ring (bicyclic) bond motifs is 9. The van der Waals surface area contributed by atoms with Gasteiger partial charge in [0.2, 0.25) is 5.92 Å². The average molecular weight is 553 g/mol. The van der Waals surface area contributed by atoms with Crippen molar-refractivity contribution < 1.29 is 13.6 Å². The van der Waals surface area contributed by atoms with Crippen LogP contribution in [0, 0.1) is 5.92 Å². The number of rotatable bonds is 4. The van der Waals surface area contributed by atoms with Gasteiger partial charge in [0.25, 0.3) is 5.91 Å². The molecule has 2 aromatic heterocycles. The van der Waals surface area contributed by atoms with Crippen molar-refractivity contribution in [3.8, 4) is 11.1 Å². The molecule has 2 aliphatic carbocycles. The minimum Gasteiger partial charge on any atom is -0.331 e. The van der Waals surface area contributed by atoms with Crippen LogP contribution in [0.1, 0.15) is 83.7 Å². The summed E-state index contributed by atoms with van der Waals surface area (Å²) in [7, 11) is 1.87. The lowest BCUT2D eigenvalue weighted by Gasteiger charge is -2.42. The van der Waals surface area contributed by atoms with E-state index < -0.39 is 24.3 Å². The van der Waals surface area contributed by atoms with Crippen molar-refractivity contribution in [1.82, 2.24) is 24.4 Å². The van der Waals surface area contributed by atoms with Crippen molar-refractivity contribution in [2.24, 2.45) is 11.0 Å². The van der Waals surface area contributed by atoms with E-state index in [1.54, 1.807) is 12.4 Å². The van der Waals surface area contributed by atoms with E-state index in [0.29, 0.717) is 17.4 Å². The average Bonchev–Trinajstić information content (AvgIpc) is 3.43. The summed E-state index contributed by atoms with van der Waals surface area (Å²) in [5, 5.41) is 3.64. The topological polar surface area (TPSA) is 113 Å². The first-order valence-electron chi connectivity index (χ1n) is 13.9. The van der Waals surface area contributed by atoms with Gasteiger partial charge in [-0.3, -0.25) is 4.79 Å². The molecule has 2 saturated carbocycles. The number of aromatic nitrogens is 4. The van der Waals surface area contributed by atoms with Crippen LogP contribution in [-0.4, -0.2) is 43.3 Å². The first-order chi connectivity index (χ1) is 19.7. The largest absolute Gasteiger partial charge is 0.331 e. The number of halogens is 2. The summed E-state index contributed by atoms with van der Waals surface area (Å²) >= 11 is 0. The minimum atomic E-state index is -2.89. The lowest BCUT2D eigenvalue weighted by Crippen LogP contribution is -2.48. The Morgan fingerprint density at radius 3 is 2.51 bits per heavy atom. The van der Waals surface area contributed by atoms with E-state index in [9.17, 15) is 13.6 Å². The number of imidazole rings is 1. The van der Waals surface area contributed by atoms with Gasteiger partial charge in [-0.05, 0) is 58.7 Å². The normalized spacial score (nSPS) is 26.5. The Balaban J connectivity index is 1.23. The van der Waals surface area contributed by atoms with Gasteiger partial charge >= 0.3 is 0 Å². The Morgan fingerprint density at radius 1 is 1.07 bits per heavy atom. The second-order valence-corrected chi connectivity index (χ2v) is 12.1. The molecule has 206 valence electrons. The molecule has 1 amide bonds. The van der Waals surface area contributed by atoms with Gasteiger partial charge < -0.3 is 9.47 Å². The van der Waals surface area contributed by atoms with Crippen LogP contribution in [0.3, 0.4) is 0 Å². The van der Waals surface area contributed by atoms with Crippen molar-refractivity contribution in [2.75, 3.05) is 7.05 Å². The van der Waals surface area contributed by atoms with Gasteiger partial charge in [0, 0.05) is 54.7 Å². The van der Waals surface area contributed by atoms with E-state index in [2.05, 4.69) is 43.6 Å². The number of hydrogen-bond donors (Lipinski definition) is 0. The molecule has 4 heterocycles. The molecule has 11 heteroatoms. The minimum absolute atomic E-state index is 0.00855. The van der Waals surface area contributed by atoms with Crippen molar-refractivity contribution in [1.29, 1.82) is 0 Å². The Morgan fingerprint density at radius 2 is 1.83 bits per heavy atom. The fraction of sp³-hybridized carbons (Fsp3) is 0.400. The lowest BCUT2D eigenvalue weighted by atomic mass is 9.73. The van der Waals surface area contributed by atoms with E-state index >= 15 is 0 Å². The first kappa shape index (κ1) is 24.4. The summed E-state index contributed by atoms with van der Waals surface area (Å²) in [6.45, 7) is 2.26. The second-order valence-electron chi connectivity index (χ2n) is 12.1. The van der Waals surface area contributed by atoms with Crippen LogP contribution in [0.2, 0.25) is 0 Å². The van der Waals surface area contributed by atoms with Gasteiger partial charge in [-0.2, -0.15) is 0 Å².